The normalized spacial score (nSPS) is 17.5. The molecule has 20 heavy (non-hydrogen) atoms. The molecule has 1 saturated carbocycles. The molecule has 0 unspecified atom stereocenters. The SMILES string of the molecule is CN(C)C1(CNC(=O)N(CC(=O)O)C(C)(C)C)CCC1. The molecule has 1 rings (SSSR count). The van der Waals surface area contributed by atoms with Gasteiger partial charge in [-0.1, -0.05) is 0 Å². The van der Waals surface area contributed by atoms with Crippen LogP contribution in [-0.4, -0.2) is 65.2 Å². The second-order valence-electron chi connectivity index (χ2n) is 6.78. The van der Waals surface area contributed by atoms with Crippen molar-refractivity contribution in [2.24, 2.45) is 0 Å². The van der Waals surface area contributed by atoms with Gasteiger partial charge in [0.05, 0.1) is 0 Å². The largest absolute Gasteiger partial charge is 0.480 e. The van der Waals surface area contributed by atoms with Gasteiger partial charge in [-0.25, -0.2) is 4.79 Å². The molecular weight excluding hydrogens is 258 g/mol. The van der Waals surface area contributed by atoms with Crippen molar-refractivity contribution < 1.29 is 14.7 Å². The summed E-state index contributed by atoms with van der Waals surface area (Å²) in [5, 5.41) is 11.8. The van der Waals surface area contributed by atoms with Gasteiger partial charge in [0.25, 0.3) is 0 Å². The van der Waals surface area contributed by atoms with Crippen molar-refractivity contribution in [3.63, 3.8) is 0 Å². The molecule has 6 nitrogen and oxygen atoms in total. The maximum atomic E-state index is 12.3. The molecule has 1 aliphatic rings. The zero-order valence-corrected chi connectivity index (χ0v) is 13.2. The molecule has 0 radical (unpaired) electrons. The van der Waals surface area contributed by atoms with E-state index in [2.05, 4.69) is 10.2 Å². The zero-order chi connectivity index (χ0) is 15.6. The van der Waals surface area contributed by atoms with E-state index >= 15 is 0 Å². The lowest BCUT2D eigenvalue weighted by atomic mass is 9.75. The number of carboxylic acids is 1. The fraction of sp³-hybridized carbons (Fsp3) is 0.857. The molecule has 0 heterocycles. The average molecular weight is 285 g/mol. The molecule has 0 spiro atoms. The molecule has 0 aromatic carbocycles. The first-order chi connectivity index (χ1) is 9.08. The van der Waals surface area contributed by atoms with Crippen LogP contribution in [0.2, 0.25) is 0 Å². The third kappa shape index (κ3) is 3.85. The van der Waals surface area contributed by atoms with Crippen molar-refractivity contribution >= 4 is 12.0 Å². The third-order valence-electron chi connectivity index (χ3n) is 4.15. The molecule has 0 atom stereocenters. The number of carbonyl (C=O) groups is 2. The number of amides is 2. The monoisotopic (exact) mass is 285 g/mol. The fourth-order valence-electron chi connectivity index (χ4n) is 2.45. The average Bonchev–Trinajstić information content (AvgIpc) is 2.21. The van der Waals surface area contributed by atoms with Crippen LogP contribution < -0.4 is 5.32 Å². The summed E-state index contributed by atoms with van der Waals surface area (Å²) in [7, 11) is 4.04. The van der Waals surface area contributed by atoms with Crippen molar-refractivity contribution in [2.45, 2.75) is 51.1 Å². The fourth-order valence-corrected chi connectivity index (χ4v) is 2.45. The van der Waals surface area contributed by atoms with Crippen LogP contribution in [0.5, 0.6) is 0 Å². The summed E-state index contributed by atoms with van der Waals surface area (Å²) in [5.74, 6) is -0.999. The van der Waals surface area contributed by atoms with E-state index in [-0.39, 0.29) is 18.1 Å². The molecular formula is C14H27N3O3. The van der Waals surface area contributed by atoms with E-state index in [1.165, 1.54) is 11.3 Å². The Kier molecular flexibility index (Phi) is 5.02. The van der Waals surface area contributed by atoms with Gasteiger partial charge >= 0.3 is 12.0 Å². The quantitative estimate of drug-likeness (QED) is 0.800. The smallest absolute Gasteiger partial charge is 0.323 e. The van der Waals surface area contributed by atoms with Crippen molar-refractivity contribution in [3.05, 3.63) is 0 Å². The molecule has 1 fully saturated rings. The Bertz CT molecular complexity index is 370. The summed E-state index contributed by atoms with van der Waals surface area (Å²) in [4.78, 5) is 26.7. The first-order valence-electron chi connectivity index (χ1n) is 7.03. The molecule has 0 aromatic heterocycles. The molecule has 116 valence electrons. The lowest BCUT2D eigenvalue weighted by Crippen LogP contribution is -2.60. The van der Waals surface area contributed by atoms with Gasteiger partial charge in [-0.05, 0) is 54.1 Å². The Morgan fingerprint density at radius 1 is 1.25 bits per heavy atom. The molecule has 2 amide bonds. The van der Waals surface area contributed by atoms with E-state index < -0.39 is 11.5 Å². The number of carbonyl (C=O) groups excluding carboxylic acids is 1. The number of rotatable bonds is 5. The number of nitrogens with one attached hydrogen (secondary N) is 1. The number of nitrogens with zero attached hydrogens (tertiary/aromatic N) is 2. The van der Waals surface area contributed by atoms with Gasteiger partial charge in [-0.3, -0.25) is 4.79 Å². The Morgan fingerprint density at radius 3 is 2.10 bits per heavy atom. The topological polar surface area (TPSA) is 72.9 Å². The number of aliphatic carboxylic acids is 1. The van der Waals surface area contributed by atoms with Crippen molar-refractivity contribution in [1.82, 2.24) is 15.1 Å². The van der Waals surface area contributed by atoms with Crippen LogP contribution in [0.3, 0.4) is 0 Å². The zero-order valence-electron chi connectivity index (χ0n) is 13.2. The Morgan fingerprint density at radius 2 is 1.80 bits per heavy atom. The van der Waals surface area contributed by atoms with Crippen LogP contribution in [0.15, 0.2) is 0 Å². The van der Waals surface area contributed by atoms with Gasteiger partial charge in [0.1, 0.15) is 6.54 Å². The maximum absolute atomic E-state index is 12.3. The number of likely N-dealkylation sites (N-methyl/N-ethyl adjacent to an activating group) is 1. The highest BCUT2D eigenvalue weighted by atomic mass is 16.4. The number of urea groups is 1. The van der Waals surface area contributed by atoms with E-state index in [4.69, 9.17) is 5.11 Å². The molecule has 0 saturated heterocycles. The van der Waals surface area contributed by atoms with Crippen LogP contribution in [0.1, 0.15) is 40.0 Å². The lowest BCUT2D eigenvalue weighted by molar-refractivity contribution is -0.138. The first-order valence-corrected chi connectivity index (χ1v) is 7.03. The van der Waals surface area contributed by atoms with E-state index in [1.54, 1.807) is 0 Å². The van der Waals surface area contributed by atoms with Crippen LogP contribution in [0, 0.1) is 0 Å². The van der Waals surface area contributed by atoms with Gasteiger partial charge in [0.2, 0.25) is 0 Å². The Balaban J connectivity index is 2.65. The second kappa shape index (κ2) is 5.99. The van der Waals surface area contributed by atoms with E-state index in [1.807, 2.05) is 34.9 Å². The summed E-state index contributed by atoms with van der Waals surface area (Å²) in [5.41, 5.74) is -0.490. The molecule has 1 aliphatic carbocycles. The Hall–Kier alpha value is -1.30. The van der Waals surface area contributed by atoms with Gasteiger partial charge in [-0.15, -0.1) is 0 Å². The minimum Gasteiger partial charge on any atom is -0.480 e. The minimum atomic E-state index is -0.999. The van der Waals surface area contributed by atoms with Gasteiger partial charge < -0.3 is 20.2 Å². The summed E-state index contributed by atoms with van der Waals surface area (Å²) in [6.45, 7) is 5.77. The highest BCUT2D eigenvalue weighted by molar-refractivity contribution is 5.80. The predicted molar refractivity (Wildman–Crippen MR) is 77.8 cm³/mol. The Labute approximate surface area is 121 Å². The summed E-state index contributed by atoms with van der Waals surface area (Å²) in [6.07, 6.45) is 3.30. The highest BCUT2D eigenvalue weighted by Crippen LogP contribution is 2.35. The number of hydrogen-bond acceptors (Lipinski definition) is 3. The van der Waals surface area contributed by atoms with Crippen molar-refractivity contribution in [2.75, 3.05) is 27.2 Å². The van der Waals surface area contributed by atoms with Crippen LogP contribution in [0.25, 0.3) is 0 Å². The number of carboxylic acid groups (broad SMARTS) is 1. The van der Waals surface area contributed by atoms with Crippen LogP contribution in [0.4, 0.5) is 4.79 Å². The molecule has 0 aromatic rings. The van der Waals surface area contributed by atoms with Gasteiger partial charge in [0.15, 0.2) is 0 Å². The van der Waals surface area contributed by atoms with Crippen molar-refractivity contribution in [3.8, 4) is 0 Å². The predicted octanol–water partition coefficient (Wildman–Crippen LogP) is 1.37. The van der Waals surface area contributed by atoms with E-state index in [0.717, 1.165) is 12.8 Å². The van der Waals surface area contributed by atoms with Gasteiger partial charge in [0, 0.05) is 17.6 Å². The third-order valence-corrected chi connectivity index (χ3v) is 4.15. The maximum Gasteiger partial charge on any atom is 0.323 e. The standard InChI is InChI=1S/C14H27N3O3/c1-13(2,3)17(9-11(18)19)12(20)15-10-14(16(4)5)7-6-8-14/h6-10H2,1-5H3,(H,15,20)(H,18,19). The number of hydrogen-bond donors (Lipinski definition) is 2. The summed E-state index contributed by atoms with van der Waals surface area (Å²) >= 11 is 0. The molecule has 0 bridgehead atoms. The molecule has 0 aliphatic heterocycles. The second-order valence-corrected chi connectivity index (χ2v) is 6.78. The lowest BCUT2D eigenvalue weighted by Gasteiger charge is -2.48. The van der Waals surface area contributed by atoms with E-state index in [9.17, 15) is 9.59 Å². The molecule has 6 heteroatoms. The highest BCUT2D eigenvalue weighted by Gasteiger charge is 2.40. The van der Waals surface area contributed by atoms with Crippen molar-refractivity contribution in [1.29, 1.82) is 0 Å². The molecule has 2 N–H and O–H groups in total. The van der Waals surface area contributed by atoms with Gasteiger partial charge in [-0.2, -0.15) is 0 Å². The first kappa shape index (κ1) is 16.8. The van der Waals surface area contributed by atoms with Crippen LogP contribution >= 0.6 is 0 Å². The summed E-state index contributed by atoms with van der Waals surface area (Å²) in [6, 6.07) is -0.312. The summed E-state index contributed by atoms with van der Waals surface area (Å²) < 4.78 is 0. The van der Waals surface area contributed by atoms with E-state index in [0.29, 0.717) is 6.54 Å². The minimum absolute atomic E-state index is 0.0302. The van der Waals surface area contributed by atoms with Crippen LogP contribution in [-0.2, 0) is 4.79 Å².